The highest BCUT2D eigenvalue weighted by molar-refractivity contribution is 7.99. The van der Waals surface area contributed by atoms with Gasteiger partial charge in [-0.3, -0.25) is 24.8 Å². The summed E-state index contributed by atoms with van der Waals surface area (Å²) in [7, 11) is 0. The van der Waals surface area contributed by atoms with Gasteiger partial charge in [0.1, 0.15) is 0 Å². The number of rotatable bonds is 4. The second kappa shape index (κ2) is 6.89. The van der Waals surface area contributed by atoms with Crippen molar-refractivity contribution in [1.82, 2.24) is 30.4 Å². The van der Waals surface area contributed by atoms with Crippen molar-refractivity contribution in [2.45, 2.75) is 5.16 Å². The Balaban J connectivity index is 1.39. The number of amides is 2. The first-order valence-corrected chi connectivity index (χ1v) is 8.79. The molecule has 0 bridgehead atoms. The van der Waals surface area contributed by atoms with E-state index >= 15 is 0 Å². The molecule has 26 heavy (non-hydrogen) atoms. The Morgan fingerprint density at radius 2 is 1.81 bits per heavy atom. The molecule has 3 N–H and O–H groups in total. The average molecular weight is 366 g/mol. The SMILES string of the molecule is O=C(CSc1n[nH]c2nc3ccccc3n12)NNC(=O)c1ccccc1. The van der Waals surface area contributed by atoms with E-state index < -0.39 is 0 Å². The molecule has 2 aromatic carbocycles. The Morgan fingerprint density at radius 1 is 1.04 bits per heavy atom. The van der Waals surface area contributed by atoms with Crippen LogP contribution < -0.4 is 10.9 Å². The Bertz CT molecular complexity index is 1090. The van der Waals surface area contributed by atoms with Gasteiger partial charge in [-0.1, -0.05) is 42.1 Å². The molecule has 4 aromatic rings. The summed E-state index contributed by atoms with van der Waals surface area (Å²) in [4.78, 5) is 28.3. The van der Waals surface area contributed by atoms with Crippen LogP contribution in [0.15, 0.2) is 59.8 Å². The van der Waals surface area contributed by atoms with Crippen LogP contribution in [0.4, 0.5) is 0 Å². The molecule has 2 heterocycles. The lowest BCUT2D eigenvalue weighted by Crippen LogP contribution is -2.42. The first kappa shape index (κ1) is 16.2. The zero-order valence-corrected chi connectivity index (χ0v) is 14.3. The summed E-state index contributed by atoms with van der Waals surface area (Å²) in [5.41, 5.74) is 7.03. The fraction of sp³-hybridized carbons (Fsp3) is 0.0588. The number of hydrogen-bond donors (Lipinski definition) is 3. The Morgan fingerprint density at radius 3 is 2.65 bits per heavy atom. The fourth-order valence-electron chi connectivity index (χ4n) is 2.49. The Kier molecular flexibility index (Phi) is 4.28. The number of nitrogens with zero attached hydrogens (tertiary/aromatic N) is 3. The van der Waals surface area contributed by atoms with E-state index in [4.69, 9.17) is 0 Å². The molecular weight excluding hydrogens is 352 g/mol. The lowest BCUT2D eigenvalue weighted by Gasteiger charge is -2.06. The number of fused-ring (bicyclic) bond motifs is 3. The maximum Gasteiger partial charge on any atom is 0.269 e. The van der Waals surface area contributed by atoms with Gasteiger partial charge >= 0.3 is 0 Å². The minimum absolute atomic E-state index is 0.0987. The summed E-state index contributed by atoms with van der Waals surface area (Å²) in [6.07, 6.45) is 0. The van der Waals surface area contributed by atoms with Gasteiger partial charge in [0.2, 0.25) is 11.7 Å². The van der Waals surface area contributed by atoms with Crippen molar-refractivity contribution in [3.8, 4) is 0 Å². The van der Waals surface area contributed by atoms with Gasteiger partial charge in [0.05, 0.1) is 16.8 Å². The largest absolute Gasteiger partial charge is 0.272 e. The van der Waals surface area contributed by atoms with Crippen LogP contribution in [-0.2, 0) is 4.79 Å². The van der Waals surface area contributed by atoms with E-state index in [2.05, 4.69) is 26.0 Å². The van der Waals surface area contributed by atoms with Gasteiger partial charge in [0.15, 0.2) is 5.16 Å². The third kappa shape index (κ3) is 3.11. The summed E-state index contributed by atoms with van der Waals surface area (Å²) in [5.74, 6) is 0.0136. The standard InChI is InChI=1S/C17H14N6O2S/c24-14(19-20-15(25)11-6-2-1-3-7-11)10-26-17-22-21-16-18-12-8-4-5-9-13(12)23(16)17/h1-9H,10H2,(H,18,21)(H,19,24)(H,20,25). The van der Waals surface area contributed by atoms with Crippen molar-refractivity contribution in [3.63, 3.8) is 0 Å². The third-order valence-electron chi connectivity index (χ3n) is 3.69. The monoisotopic (exact) mass is 366 g/mol. The number of benzene rings is 2. The predicted molar refractivity (Wildman–Crippen MR) is 97.6 cm³/mol. The highest BCUT2D eigenvalue weighted by atomic mass is 32.2. The number of hydrazine groups is 1. The second-order valence-electron chi connectivity index (χ2n) is 5.42. The van der Waals surface area contributed by atoms with Crippen LogP contribution in [0, 0.1) is 0 Å². The summed E-state index contributed by atoms with van der Waals surface area (Å²) in [5, 5.41) is 7.67. The van der Waals surface area contributed by atoms with Crippen LogP contribution in [-0.4, -0.2) is 37.1 Å². The molecule has 2 amide bonds. The van der Waals surface area contributed by atoms with Gasteiger partial charge in [0, 0.05) is 5.56 Å². The maximum atomic E-state index is 12.0. The summed E-state index contributed by atoms with van der Waals surface area (Å²) >= 11 is 1.25. The summed E-state index contributed by atoms with van der Waals surface area (Å²) in [6.45, 7) is 0. The number of carbonyl (C=O) groups excluding carboxylic acids is 2. The lowest BCUT2D eigenvalue weighted by atomic mass is 10.2. The number of para-hydroxylation sites is 2. The van der Waals surface area contributed by atoms with Crippen LogP contribution >= 0.6 is 11.8 Å². The van der Waals surface area contributed by atoms with Gasteiger partial charge in [0.25, 0.3) is 5.91 Å². The number of thioether (sulfide) groups is 1. The minimum atomic E-state index is -0.369. The average Bonchev–Trinajstić information content (AvgIpc) is 3.24. The maximum absolute atomic E-state index is 12.0. The molecule has 8 nitrogen and oxygen atoms in total. The van der Waals surface area contributed by atoms with E-state index in [1.165, 1.54) is 11.8 Å². The molecule has 9 heteroatoms. The third-order valence-corrected chi connectivity index (χ3v) is 4.63. The number of H-pyrrole nitrogens is 1. The van der Waals surface area contributed by atoms with Gasteiger partial charge in [-0.15, -0.1) is 5.10 Å². The molecule has 0 atom stereocenters. The van der Waals surface area contributed by atoms with E-state index in [0.717, 1.165) is 11.0 Å². The molecule has 130 valence electrons. The molecule has 0 saturated heterocycles. The normalized spacial score (nSPS) is 10.9. The number of aromatic nitrogens is 4. The van der Waals surface area contributed by atoms with E-state index in [1.807, 2.05) is 34.7 Å². The first-order chi connectivity index (χ1) is 12.7. The summed E-state index contributed by atoms with van der Waals surface area (Å²) < 4.78 is 1.86. The zero-order valence-electron chi connectivity index (χ0n) is 13.5. The topological polar surface area (TPSA) is 104 Å². The predicted octanol–water partition coefficient (Wildman–Crippen LogP) is 1.76. The van der Waals surface area contributed by atoms with Gasteiger partial charge < -0.3 is 0 Å². The molecule has 0 aliphatic carbocycles. The first-order valence-electron chi connectivity index (χ1n) is 7.81. The van der Waals surface area contributed by atoms with Crippen molar-refractivity contribution in [2.75, 3.05) is 5.75 Å². The Labute approximate surface area is 152 Å². The smallest absolute Gasteiger partial charge is 0.269 e. The molecule has 0 spiro atoms. The summed E-state index contributed by atoms with van der Waals surface area (Å²) in [6, 6.07) is 16.3. The van der Waals surface area contributed by atoms with Crippen LogP contribution in [0.2, 0.25) is 0 Å². The highest BCUT2D eigenvalue weighted by Crippen LogP contribution is 2.22. The molecule has 0 saturated carbocycles. The van der Waals surface area contributed by atoms with Crippen molar-refractivity contribution in [3.05, 3.63) is 60.2 Å². The quantitative estimate of drug-likeness (QED) is 0.377. The van der Waals surface area contributed by atoms with Gasteiger partial charge in [-0.05, 0) is 24.3 Å². The van der Waals surface area contributed by atoms with Crippen LogP contribution in [0.1, 0.15) is 10.4 Å². The number of nitrogens with one attached hydrogen (secondary N) is 3. The van der Waals surface area contributed by atoms with Gasteiger partial charge in [-0.25, -0.2) is 10.1 Å². The lowest BCUT2D eigenvalue weighted by molar-refractivity contribution is -0.119. The molecule has 0 radical (unpaired) electrons. The second-order valence-corrected chi connectivity index (χ2v) is 6.37. The molecule has 0 aliphatic rings. The van der Waals surface area contributed by atoms with Crippen molar-refractivity contribution < 1.29 is 9.59 Å². The van der Waals surface area contributed by atoms with Crippen LogP contribution in [0.5, 0.6) is 0 Å². The molecule has 0 fully saturated rings. The Hall–Kier alpha value is -3.33. The molecule has 0 aliphatic heterocycles. The number of imidazole rings is 1. The van der Waals surface area contributed by atoms with Crippen LogP contribution in [0.25, 0.3) is 16.8 Å². The zero-order chi connectivity index (χ0) is 17.9. The molecule has 4 rings (SSSR count). The number of aromatic amines is 1. The molecule has 0 unspecified atom stereocenters. The van der Waals surface area contributed by atoms with Crippen LogP contribution in [0.3, 0.4) is 0 Å². The van der Waals surface area contributed by atoms with Crippen molar-refractivity contribution in [2.24, 2.45) is 0 Å². The molecule has 2 aromatic heterocycles. The van der Waals surface area contributed by atoms with E-state index in [0.29, 0.717) is 16.5 Å². The fourth-order valence-corrected chi connectivity index (χ4v) is 3.25. The highest BCUT2D eigenvalue weighted by Gasteiger charge is 2.14. The minimum Gasteiger partial charge on any atom is -0.272 e. The number of hydrogen-bond acceptors (Lipinski definition) is 5. The molecular formula is C17H14N6O2S. The van der Waals surface area contributed by atoms with Crippen molar-refractivity contribution in [1.29, 1.82) is 0 Å². The van der Waals surface area contributed by atoms with Gasteiger partial charge in [-0.2, -0.15) is 0 Å². The van der Waals surface area contributed by atoms with Crippen molar-refractivity contribution >= 4 is 40.4 Å². The van der Waals surface area contributed by atoms with E-state index in [-0.39, 0.29) is 17.6 Å². The van der Waals surface area contributed by atoms with E-state index in [1.54, 1.807) is 24.3 Å². The van der Waals surface area contributed by atoms with E-state index in [9.17, 15) is 9.59 Å². The number of carbonyl (C=O) groups is 2.